The number of aromatic nitrogens is 2. The molecule has 1 aromatic carbocycles. The van der Waals surface area contributed by atoms with Crippen molar-refractivity contribution < 1.29 is 4.39 Å². The summed E-state index contributed by atoms with van der Waals surface area (Å²) in [4.78, 5) is 12.7. The van der Waals surface area contributed by atoms with Gasteiger partial charge in [0.05, 0.1) is 10.6 Å². The van der Waals surface area contributed by atoms with E-state index in [1.165, 1.54) is 18.6 Å². The minimum absolute atomic E-state index is 0.0955. The highest BCUT2D eigenvalue weighted by molar-refractivity contribution is 6.30. The Balaban J connectivity index is 1.79. The molecule has 3 rings (SSSR count). The van der Waals surface area contributed by atoms with Gasteiger partial charge in [-0.2, -0.15) is 0 Å². The lowest BCUT2D eigenvalue weighted by atomic mass is 10.0. The molecule has 1 unspecified atom stereocenters. The van der Waals surface area contributed by atoms with Crippen molar-refractivity contribution >= 4 is 35.0 Å². The van der Waals surface area contributed by atoms with Crippen LogP contribution in [0.3, 0.4) is 0 Å². The van der Waals surface area contributed by atoms with Crippen LogP contribution in [-0.2, 0) is 0 Å². The fourth-order valence-corrected chi connectivity index (χ4v) is 3.69. The third-order valence-electron chi connectivity index (χ3n) is 5.09. The lowest BCUT2D eigenvalue weighted by Gasteiger charge is -2.40. The average molecular weight is 419 g/mol. The first kappa shape index (κ1) is 21.0. The van der Waals surface area contributed by atoms with Crippen LogP contribution in [0, 0.1) is 11.2 Å². The van der Waals surface area contributed by atoms with Gasteiger partial charge in [-0.3, -0.25) is 4.90 Å². The summed E-state index contributed by atoms with van der Waals surface area (Å²) in [7, 11) is 0. The standard InChI is InChI=1S/C19H24ClFN8/c20-14-2-1-12(7-15(14)21)16(10-24)28-3-5-29(6-4-28)19-17(13(8-22)9-23)18(25)26-11-27-19/h1-2,7-9,11,16,22H,3-6,10,23-24H2,(H2,25,26,27)/b13-9+,22-8?. The molecule has 2 heterocycles. The molecule has 0 amide bonds. The number of rotatable bonds is 6. The second-order valence-electron chi connectivity index (χ2n) is 6.67. The van der Waals surface area contributed by atoms with Crippen molar-refractivity contribution in [3.05, 3.63) is 52.7 Å². The Kier molecular flexibility index (Phi) is 6.63. The first-order valence-corrected chi connectivity index (χ1v) is 9.55. The Labute approximate surface area is 173 Å². The number of piperazine rings is 1. The number of halogens is 2. The summed E-state index contributed by atoms with van der Waals surface area (Å²) in [6.45, 7) is 3.07. The van der Waals surface area contributed by atoms with Crippen molar-refractivity contribution in [2.75, 3.05) is 43.4 Å². The molecule has 8 nitrogen and oxygen atoms in total. The SMILES string of the molecule is N=C/C(=C\N)c1c(N)ncnc1N1CCN(C(CN)c2ccc(Cl)c(F)c2)CC1. The molecule has 1 aromatic heterocycles. The molecular weight excluding hydrogens is 395 g/mol. The zero-order valence-corrected chi connectivity index (χ0v) is 16.6. The van der Waals surface area contributed by atoms with Gasteiger partial charge in [-0.15, -0.1) is 0 Å². The molecule has 1 aliphatic rings. The Morgan fingerprint density at radius 1 is 1.28 bits per heavy atom. The summed E-state index contributed by atoms with van der Waals surface area (Å²) in [5.41, 5.74) is 19.5. The maximum absolute atomic E-state index is 13.9. The molecule has 2 aromatic rings. The third kappa shape index (κ3) is 4.31. The molecule has 0 radical (unpaired) electrons. The number of allylic oxidation sites excluding steroid dienone is 1. The van der Waals surface area contributed by atoms with E-state index >= 15 is 0 Å². The first-order chi connectivity index (χ1) is 14.0. The van der Waals surface area contributed by atoms with Crippen molar-refractivity contribution in [3.63, 3.8) is 0 Å². The summed E-state index contributed by atoms with van der Waals surface area (Å²) in [5, 5.41) is 7.68. The quantitative estimate of drug-likeness (QED) is 0.523. The van der Waals surface area contributed by atoms with Gasteiger partial charge in [0.15, 0.2) is 0 Å². The predicted molar refractivity (Wildman–Crippen MR) is 114 cm³/mol. The van der Waals surface area contributed by atoms with Gasteiger partial charge in [-0.1, -0.05) is 17.7 Å². The highest BCUT2D eigenvalue weighted by Gasteiger charge is 2.27. The Morgan fingerprint density at radius 2 is 2.00 bits per heavy atom. The van der Waals surface area contributed by atoms with Gasteiger partial charge in [-0.25, -0.2) is 14.4 Å². The first-order valence-electron chi connectivity index (χ1n) is 9.17. The number of nitrogen functional groups attached to an aromatic ring is 1. The molecular formula is C19H24ClFN8. The summed E-state index contributed by atoms with van der Waals surface area (Å²) < 4.78 is 13.9. The molecule has 1 atom stereocenters. The monoisotopic (exact) mass is 418 g/mol. The normalized spacial score (nSPS) is 16.7. The molecule has 154 valence electrons. The van der Waals surface area contributed by atoms with Crippen LogP contribution in [0.25, 0.3) is 5.57 Å². The van der Waals surface area contributed by atoms with Crippen LogP contribution >= 0.6 is 11.6 Å². The second-order valence-corrected chi connectivity index (χ2v) is 7.08. The van der Waals surface area contributed by atoms with Crippen LogP contribution in [0.15, 0.2) is 30.7 Å². The Morgan fingerprint density at radius 3 is 2.59 bits per heavy atom. The summed E-state index contributed by atoms with van der Waals surface area (Å²) in [5.74, 6) is 0.461. The van der Waals surface area contributed by atoms with E-state index in [1.807, 2.05) is 0 Å². The van der Waals surface area contributed by atoms with Gasteiger partial charge in [-0.05, 0) is 17.7 Å². The highest BCUT2D eigenvalue weighted by atomic mass is 35.5. The minimum Gasteiger partial charge on any atom is -0.404 e. The number of benzene rings is 1. The fourth-order valence-electron chi connectivity index (χ4n) is 3.57. The molecule has 1 fully saturated rings. The largest absolute Gasteiger partial charge is 0.404 e. The van der Waals surface area contributed by atoms with Gasteiger partial charge in [0, 0.05) is 56.8 Å². The lowest BCUT2D eigenvalue weighted by Crippen LogP contribution is -2.49. The molecule has 1 saturated heterocycles. The molecule has 0 bridgehead atoms. The van der Waals surface area contributed by atoms with Gasteiger partial charge in [0.1, 0.15) is 23.8 Å². The van der Waals surface area contributed by atoms with Crippen LogP contribution in [-0.4, -0.2) is 53.8 Å². The van der Waals surface area contributed by atoms with Crippen LogP contribution in [0.4, 0.5) is 16.0 Å². The van der Waals surface area contributed by atoms with E-state index in [-0.39, 0.29) is 16.9 Å². The van der Waals surface area contributed by atoms with Crippen molar-refractivity contribution in [2.24, 2.45) is 11.5 Å². The molecule has 1 aliphatic heterocycles. The Bertz CT molecular complexity index is 911. The van der Waals surface area contributed by atoms with Crippen LogP contribution < -0.4 is 22.1 Å². The molecule has 10 heteroatoms. The van der Waals surface area contributed by atoms with E-state index in [9.17, 15) is 4.39 Å². The highest BCUT2D eigenvalue weighted by Crippen LogP contribution is 2.30. The van der Waals surface area contributed by atoms with Gasteiger partial charge >= 0.3 is 0 Å². The maximum atomic E-state index is 13.9. The molecule has 7 N–H and O–H groups in total. The van der Waals surface area contributed by atoms with Crippen molar-refractivity contribution in [2.45, 2.75) is 6.04 Å². The summed E-state index contributed by atoms with van der Waals surface area (Å²) in [6.07, 6.45) is 3.85. The second kappa shape index (κ2) is 9.17. The van der Waals surface area contributed by atoms with Crippen LogP contribution in [0.2, 0.25) is 5.02 Å². The van der Waals surface area contributed by atoms with Gasteiger partial charge < -0.3 is 27.5 Å². The zero-order chi connectivity index (χ0) is 21.0. The molecule has 0 aliphatic carbocycles. The minimum atomic E-state index is -0.449. The van der Waals surface area contributed by atoms with Crippen LogP contribution in [0.1, 0.15) is 17.2 Å². The average Bonchev–Trinajstić information content (AvgIpc) is 2.73. The molecule has 29 heavy (non-hydrogen) atoms. The number of hydrogen-bond acceptors (Lipinski definition) is 8. The van der Waals surface area contributed by atoms with Crippen LogP contribution in [0.5, 0.6) is 0 Å². The van der Waals surface area contributed by atoms with Gasteiger partial charge in [0.2, 0.25) is 0 Å². The third-order valence-corrected chi connectivity index (χ3v) is 5.39. The number of nitrogens with zero attached hydrogens (tertiary/aromatic N) is 4. The van der Waals surface area contributed by atoms with E-state index < -0.39 is 5.82 Å². The van der Waals surface area contributed by atoms with E-state index in [4.69, 9.17) is 34.2 Å². The zero-order valence-electron chi connectivity index (χ0n) is 15.9. The van der Waals surface area contributed by atoms with E-state index in [2.05, 4.69) is 19.8 Å². The number of hydrogen-bond donors (Lipinski definition) is 4. The predicted octanol–water partition coefficient (Wildman–Crippen LogP) is 1.62. The Hall–Kier alpha value is -2.75. The van der Waals surface area contributed by atoms with E-state index in [1.54, 1.807) is 12.1 Å². The lowest BCUT2D eigenvalue weighted by molar-refractivity contribution is 0.189. The number of anilines is 2. The van der Waals surface area contributed by atoms with E-state index in [0.29, 0.717) is 49.7 Å². The topological polar surface area (TPSA) is 134 Å². The summed E-state index contributed by atoms with van der Waals surface area (Å²) >= 11 is 5.80. The smallest absolute Gasteiger partial charge is 0.142 e. The molecule has 0 saturated carbocycles. The number of nitrogens with two attached hydrogens (primary N) is 3. The van der Waals surface area contributed by atoms with Crippen molar-refractivity contribution in [1.29, 1.82) is 5.41 Å². The van der Waals surface area contributed by atoms with E-state index in [0.717, 1.165) is 11.8 Å². The number of nitrogens with one attached hydrogen (secondary N) is 1. The molecule has 0 spiro atoms. The summed E-state index contributed by atoms with van der Waals surface area (Å²) in [6, 6.07) is 4.69. The van der Waals surface area contributed by atoms with Crippen molar-refractivity contribution in [1.82, 2.24) is 14.9 Å². The maximum Gasteiger partial charge on any atom is 0.142 e. The van der Waals surface area contributed by atoms with Gasteiger partial charge in [0.25, 0.3) is 0 Å². The van der Waals surface area contributed by atoms with Crippen molar-refractivity contribution in [3.8, 4) is 0 Å². The fraction of sp³-hybridized carbons (Fsp3) is 0.316.